The third kappa shape index (κ3) is 4.11. The zero-order valence-electron chi connectivity index (χ0n) is 17.3. The molecular weight excluding hydrogens is 380 g/mol. The van der Waals surface area contributed by atoms with Crippen LogP contribution < -0.4 is 5.32 Å². The molecule has 1 aromatic carbocycles. The highest BCUT2D eigenvalue weighted by Crippen LogP contribution is 2.40. The number of hydrogen-bond donors (Lipinski definition) is 1. The maximum atomic E-state index is 13.4. The van der Waals surface area contributed by atoms with Crippen LogP contribution in [0.3, 0.4) is 0 Å². The number of rotatable bonds is 6. The fourth-order valence-corrected chi connectivity index (χ4v) is 5.30. The van der Waals surface area contributed by atoms with E-state index in [0.717, 1.165) is 25.7 Å². The fourth-order valence-electron chi connectivity index (χ4n) is 4.51. The van der Waals surface area contributed by atoms with E-state index in [1.54, 1.807) is 11.3 Å². The van der Waals surface area contributed by atoms with Crippen LogP contribution in [0.5, 0.6) is 0 Å². The van der Waals surface area contributed by atoms with E-state index in [2.05, 4.69) is 41.0 Å². The number of nitrogens with zero attached hydrogens (tertiary/aromatic N) is 1. The van der Waals surface area contributed by atoms with Crippen molar-refractivity contribution in [2.75, 3.05) is 13.1 Å². The van der Waals surface area contributed by atoms with Gasteiger partial charge in [0.25, 0.3) is 0 Å². The van der Waals surface area contributed by atoms with Gasteiger partial charge in [-0.25, -0.2) is 0 Å². The molecule has 2 amide bonds. The first-order valence-electron chi connectivity index (χ1n) is 10.7. The molecule has 154 valence electrons. The van der Waals surface area contributed by atoms with Crippen LogP contribution in [0.15, 0.2) is 41.8 Å². The van der Waals surface area contributed by atoms with E-state index >= 15 is 0 Å². The van der Waals surface area contributed by atoms with Gasteiger partial charge in [-0.05, 0) is 62.1 Å². The number of likely N-dealkylation sites (tertiary alicyclic amines) is 1. The number of carbonyl (C=O) groups excluding carboxylic acids is 2. The Bertz CT molecular complexity index is 873. The van der Waals surface area contributed by atoms with Crippen molar-refractivity contribution in [3.05, 3.63) is 47.3 Å². The van der Waals surface area contributed by atoms with Crippen molar-refractivity contribution in [2.45, 2.75) is 52.0 Å². The van der Waals surface area contributed by atoms with Gasteiger partial charge >= 0.3 is 0 Å². The molecule has 1 aromatic heterocycles. The monoisotopic (exact) mass is 410 g/mol. The molecule has 1 saturated heterocycles. The highest BCUT2D eigenvalue weighted by Gasteiger charge is 2.47. The zero-order valence-corrected chi connectivity index (χ0v) is 18.1. The van der Waals surface area contributed by atoms with Gasteiger partial charge in [-0.2, -0.15) is 0 Å². The zero-order chi connectivity index (χ0) is 20.4. The van der Waals surface area contributed by atoms with Crippen LogP contribution in [-0.2, 0) is 16.0 Å². The summed E-state index contributed by atoms with van der Waals surface area (Å²) in [6.45, 7) is 5.20. The molecule has 2 aromatic rings. The van der Waals surface area contributed by atoms with Crippen molar-refractivity contribution < 1.29 is 9.59 Å². The molecule has 2 aliphatic rings. The van der Waals surface area contributed by atoms with E-state index in [-0.39, 0.29) is 23.8 Å². The number of nitrogens with one attached hydrogen (secondary N) is 1. The Kier molecular flexibility index (Phi) is 5.77. The van der Waals surface area contributed by atoms with Gasteiger partial charge in [0.1, 0.15) is 0 Å². The lowest BCUT2D eigenvalue weighted by Gasteiger charge is -2.32. The van der Waals surface area contributed by atoms with Gasteiger partial charge < -0.3 is 10.2 Å². The minimum absolute atomic E-state index is 0.0809. The van der Waals surface area contributed by atoms with Crippen molar-refractivity contribution in [1.29, 1.82) is 0 Å². The number of carbonyl (C=O) groups is 2. The molecule has 1 aliphatic heterocycles. The van der Waals surface area contributed by atoms with Gasteiger partial charge in [0.15, 0.2) is 0 Å². The molecule has 1 atom stereocenters. The van der Waals surface area contributed by atoms with Crippen molar-refractivity contribution in [1.82, 2.24) is 10.2 Å². The largest absolute Gasteiger partial charge is 0.353 e. The molecule has 5 heteroatoms. The van der Waals surface area contributed by atoms with E-state index in [4.69, 9.17) is 0 Å². The minimum atomic E-state index is -0.558. The van der Waals surface area contributed by atoms with E-state index in [1.165, 1.54) is 16.0 Å². The van der Waals surface area contributed by atoms with Gasteiger partial charge in [-0.1, -0.05) is 36.8 Å². The molecule has 0 bridgehead atoms. The predicted octanol–water partition coefficient (Wildman–Crippen LogP) is 4.50. The van der Waals surface area contributed by atoms with E-state index in [9.17, 15) is 9.59 Å². The first-order valence-corrected chi connectivity index (χ1v) is 11.6. The van der Waals surface area contributed by atoms with Crippen LogP contribution in [0, 0.1) is 11.3 Å². The van der Waals surface area contributed by atoms with E-state index in [0.29, 0.717) is 19.5 Å². The van der Waals surface area contributed by atoms with Gasteiger partial charge in [0.05, 0.1) is 5.41 Å². The summed E-state index contributed by atoms with van der Waals surface area (Å²) in [6, 6.07) is 12.7. The normalized spacial score (nSPS) is 22.0. The molecule has 2 heterocycles. The summed E-state index contributed by atoms with van der Waals surface area (Å²) in [5, 5.41) is 5.23. The van der Waals surface area contributed by atoms with Crippen LogP contribution in [0.25, 0.3) is 10.4 Å². The summed E-state index contributed by atoms with van der Waals surface area (Å²) in [5.74, 6) is 0.511. The molecule has 1 aliphatic carbocycles. The van der Waals surface area contributed by atoms with Crippen molar-refractivity contribution >= 4 is 23.2 Å². The SMILES string of the molecule is CC(C)NC(=O)[C@]1(Cc2ccccc2-c2cccs2)CCN(C(=O)C2CCC2)C1. The second kappa shape index (κ2) is 8.31. The third-order valence-corrected chi connectivity index (χ3v) is 7.26. The maximum absolute atomic E-state index is 13.4. The van der Waals surface area contributed by atoms with Gasteiger partial charge in [0.2, 0.25) is 11.8 Å². The Balaban J connectivity index is 1.62. The van der Waals surface area contributed by atoms with Crippen LogP contribution >= 0.6 is 11.3 Å². The summed E-state index contributed by atoms with van der Waals surface area (Å²) in [7, 11) is 0. The minimum Gasteiger partial charge on any atom is -0.353 e. The van der Waals surface area contributed by atoms with E-state index < -0.39 is 5.41 Å². The number of benzene rings is 1. The Morgan fingerprint density at radius 3 is 2.66 bits per heavy atom. The Morgan fingerprint density at radius 1 is 1.21 bits per heavy atom. The quantitative estimate of drug-likeness (QED) is 0.762. The van der Waals surface area contributed by atoms with Crippen LogP contribution in [0.4, 0.5) is 0 Å². The van der Waals surface area contributed by atoms with E-state index in [1.807, 2.05) is 24.8 Å². The second-order valence-corrected chi connectivity index (χ2v) is 9.81. The molecule has 4 nitrogen and oxygen atoms in total. The average Bonchev–Trinajstić information content (AvgIpc) is 3.31. The summed E-state index contributed by atoms with van der Waals surface area (Å²) in [5.41, 5.74) is 1.83. The Hall–Kier alpha value is -2.14. The lowest BCUT2D eigenvalue weighted by atomic mass is 9.78. The fraction of sp³-hybridized carbons (Fsp3) is 0.500. The molecule has 1 saturated carbocycles. The lowest BCUT2D eigenvalue weighted by molar-refractivity contribution is -0.138. The molecule has 0 radical (unpaired) electrons. The molecule has 0 unspecified atom stereocenters. The lowest BCUT2D eigenvalue weighted by Crippen LogP contribution is -2.48. The van der Waals surface area contributed by atoms with Crippen LogP contribution in [-0.4, -0.2) is 35.8 Å². The van der Waals surface area contributed by atoms with Gasteiger partial charge in [-0.15, -0.1) is 11.3 Å². The first-order chi connectivity index (χ1) is 14.0. The van der Waals surface area contributed by atoms with Crippen LogP contribution in [0.2, 0.25) is 0 Å². The number of amides is 2. The third-order valence-electron chi connectivity index (χ3n) is 6.35. The highest BCUT2D eigenvalue weighted by molar-refractivity contribution is 7.13. The summed E-state index contributed by atoms with van der Waals surface area (Å²) in [6.07, 6.45) is 4.54. The molecule has 0 spiro atoms. The van der Waals surface area contributed by atoms with Gasteiger partial charge in [-0.3, -0.25) is 9.59 Å². The molecule has 2 fully saturated rings. The van der Waals surface area contributed by atoms with Crippen molar-refractivity contribution in [3.63, 3.8) is 0 Å². The molecular formula is C24H30N2O2S. The van der Waals surface area contributed by atoms with Crippen molar-refractivity contribution in [2.24, 2.45) is 11.3 Å². The number of thiophene rings is 1. The Morgan fingerprint density at radius 2 is 2.00 bits per heavy atom. The summed E-state index contributed by atoms with van der Waals surface area (Å²) >= 11 is 1.72. The molecule has 4 rings (SSSR count). The highest BCUT2D eigenvalue weighted by atomic mass is 32.1. The molecule has 29 heavy (non-hydrogen) atoms. The standard InChI is InChI=1S/C24H30N2O2S/c1-17(2)25-23(28)24(12-13-26(16-24)22(27)18-8-5-9-18)15-19-7-3-4-10-20(19)21-11-6-14-29-21/h3-4,6-7,10-11,14,17-18H,5,8-9,12-13,15-16H2,1-2H3,(H,25,28)/t24-/m0/s1. The summed E-state index contributed by atoms with van der Waals surface area (Å²) in [4.78, 5) is 29.4. The van der Waals surface area contributed by atoms with Gasteiger partial charge in [0, 0.05) is 29.9 Å². The predicted molar refractivity (Wildman–Crippen MR) is 118 cm³/mol. The van der Waals surface area contributed by atoms with Crippen LogP contribution in [0.1, 0.15) is 45.1 Å². The number of hydrogen-bond acceptors (Lipinski definition) is 3. The average molecular weight is 411 g/mol. The first kappa shape index (κ1) is 20.1. The topological polar surface area (TPSA) is 49.4 Å². The Labute approximate surface area is 177 Å². The molecule has 1 N–H and O–H groups in total. The summed E-state index contributed by atoms with van der Waals surface area (Å²) < 4.78 is 0. The van der Waals surface area contributed by atoms with Crippen molar-refractivity contribution in [3.8, 4) is 10.4 Å². The second-order valence-electron chi connectivity index (χ2n) is 8.86. The smallest absolute Gasteiger partial charge is 0.228 e. The maximum Gasteiger partial charge on any atom is 0.228 e.